The number of rotatable bonds is 5. The van der Waals surface area contributed by atoms with Gasteiger partial charge in [0.1, 0.15) is 0 Å². The Labute approximate surface area is 190 Å². The second kappa shape index (κ2) is 10.7. The summed E-state index contributed by atoms with van der Waals surface area (Å²) in [6.07, 6.45) is 1.75. The van der Waals surface area contributed by atoms with E-state index in [4.69, 9.17) is 0 Å². The summed E-state index contributed by atoms with van der Waals surface area (Å²) in [6, 6.07) is 27.9. The Hall–Kier alpha value is -3.24. The van der Waals surface area contributed by atoms with Crippen LogP contribution in [0.2, 0.25) is 0 Å². The van der Waals surface area contributed by atoms with Crippen molar-refractivity contribution in [1.82, 2.24) is 20.7 Å². The minimum absolute atomic E-state index is 0. The van der Waals surface area contributed by atoms with E-state index in [1.807, 2.05) is 0 Å². The molecular formula is C27H38N4. The van der Waals surface area contributed by atoms with E-state index < -0.39 is 0 Å². The van der Waals surface area contributed by atoms with Crippen molar-refractivity contribution in [3.05, 3.63) is 107 Å². The maximum absolute atomic E-state index is 3.95. The predicted molar refractivity (Wildman–Crippen MR) is 135 cm³/mol. The molecule has 2 N–H and O–H groups in total. The second-order valence-electron chi connectivity index (χ2n) is 8.76. The monoisotopic (exact) mass is 418 g/mol. The summed E-state index contributed by atoms with van der Waals surface area (Å²) in [7, 11) is 0. The van der Waals surface area contributed by atoms with Gasteiger partial charge in [-0.15, -0.1) is 0 Å². The van der Waals surface area contributed by atoms with Crippen LogP contribution in [0.3, 0.4) is 0 Å². The summed E-state index contributed by atoms with van der Waals surface area (Å²) in [5.74, 6) is 0. The van der Waals surface area contributed by atoms with Crippen molar-refractivity contribution in [3.63, 3.8) is 0 Å². The van der Waals surface area contributed by atoms with Crippen LogP contribution in [0.25, 0.3) is 11.1 Å². The highest BCUT2D eigenvalue weighted by molar-refractivity contribution is 5.64. The summed E-state index contributed by atoms with van der Waals surface area (Å²) in [4.78, 5) is 0. The van der Waals surface area contributed by atoms with E-state index in [-0.39, 0.29) is 9.69 Å². The maximum Gasteiger partial charge on any atom is 0.0877 e. The topological polar surface area (TPSA) is 53.6 Å². The largest absolute Gasteiger partial charge is 0.309 e. The Bertz CT molecular complexity index is 1050. The number of H-pyrrole nitrogens is 1. The Morgan fingerprint density at radius 1 is 0.806 bits per heavy atom. The van der Waals surface area contributed by atoms with Crippen molar-refractivity contribution in [2.24, 2.45) is 0 Å². The number of nitrogens with one attached hydrogen (secondary N) is 2. The molecule has 0 fully saturated rings. The SMILES string of the molecule is CC(C)(C)c1cn[nH]n1.Cc1ccc(-c2cccc(CNCc3ccccc3)c2)cc1.[HH].[HH].[HH]. The first-order valence-electron chi connectivity index (χ1n) is 10.7. The molecule has 0 amide bonds. The lowest BCUT2D eigenvalue weighted by molar-refractivity contribution is 0.567. The fourth-order valence-corrected chi connectivity index (χ4v) is 3.12. The van der Waals surface area contributed by atoms with Crippen molar-refractivity contribution >= 4 is 0 Å². The van der Waals surface area contributed by atoms with Crippen molar-refractivity contribution < 1.29 is 4.28 Å². The van der Waals surface area contributed by atoms with E-state index in [0.29, 0.717) is 0 Å². The fourth-order valence-electron chi connectivity index (χ4n) is 3.12. The number of aryl methyl sites for hydroxylation is 1. The van der Waals surface area contributed by atoms with Gasteiger partial charge in [-0.05, 0) is 35.2 Å². The average molecular weight is 419 g/mol. The van der Waals surface area contributed by atoms with Gasteiger partial charge < -0.3 is 5.32 Å². The third-order valence-electron chi connectivity index (χ3n) is 5.00. The summed E-state index contributed by atoms with van der Waals surface area (Å²) in [5, 5.41) is 13.7. The van der Waals surface area contributed by atoms with Gasteiger partial charge in [-0.1, -0.05) is 99.1 Å². The minimum Gasteiger partial charge on any atom is -0.309 e. The highest BCUT2D eigenvalue weighted by Crippen LogP contribution is 2.21. The van der Waals surface area contributed by atoms with E-state index in [1.165, 1.54) is 27.8 Å². The van der Waals surface area contributed by atoms with E-state index in [0.717, 1.165) is 18.8 Å². The highest BCUT2D eigenvalue weighted by Gasteiger charge is 2.15. The van der Waals surface area contributed by atoms with Crippen molar-refractivity contribution in [3.8, 4) is 11.1 Å². The number of nitrogens with zero attached hydrogens (tertiary/aromatic N) is 2. The smallest absolute Gasteiger partial charge is 0.0877 e. The quantitative estimate of drug-likeness (QED) is 0.375. The van der Waals surface area contributed by atoms with Crippen LogP contribution in [0, 0.1) is 6.92 Å². The molecule has 0 bridgehead atoms. The Morgan fingerprint density at radius 2 is 1.48 bits per heavy atom. The first-order valence-corrected chi connectivity index (χ1v) is 10.7. The third-order valence-corrected chi connectivity index (χ3v) is 5.00. The van der Waals surface area contributed by atoms with E-state index >= 15 is 0 Å². The van der Waals surface area contributed by atoms with Crippen molar-refractivity contribution in [2.45, 2.75) is 46.2 Å². The van der Waals surface area contributed by atoms with Gasteiger partial charge in [0.25, 0.3) is 0 Å². The molecule has 0 aliphatic rings. The van der Waals surface area contributed by atoms with E-state index in [9.17, 15) is 0 Å². The van der Waals surface area contributed by atoms with Gasteiger partial charge in [-0.3, -0.25) is 0 Å². The van der Waals surface area contributed by atoms with Crippen LogP contribution < -0.4 is 5.32 Å². The molecule has 3 aromatic carbocycles. The number of aromatic amines is 1. The lowest BCUT2D eigenvalue weighted by atomic mass is 9.93. The first kappa shape index (κ1) is 22.4. The Morgan fingerprint density at radius 3 is 2.10 bits per heavy atom. The summed E-state index contributed by atoms with van der Waals surface area (Å²) >= 11 is 0. The predicted octanol–water partition coefficient (Wildman–Crippen LogP) is 6.79. The molecule has 0 spiro atoms. The van der Waals surface area contributed by atoms with Gasteiger partial charge in [-0.2, -0.15) is 15.4 Å². The first-order chi connectivity index (χ1) is 14.9. The van der Waals surface area contributed by atoms with Gasteiger partial charge in [0.05, 0.1) is 11.9 Å². The summed E-state index contributed by atoms with van der Waals surface area (Å²) in [6.45, 7) is 10.2. The standard InChI is InChI=1S/C21H21N.C6H11N3.3H2/c1-17-10-12-20(13-11-17)21-9-5-8-19(14-21)16-22-15-18-6-3-2-4-7-18;1-6(2,3)5-4-7-9-8-5;;;/h2-14,22H,15-16H2,1H3;4H,1-3H3,(H,7,8,9);3*1H. The van der Waals surface area contributed by atoms with Gasteiger partial charge in [0.15, 0.2) is 0 Å². The molecule has 0 radical (unpaired) electrons. The molecule has 0 saturated carbocycles. The van der Waals surface area contributed by atoms with Gasteiger partial charge >= 0.3 is 0 Å². The summed E-state index contributed by atoms with van der Waals surface area (Å²) in [5.41, 5.74) is 7.60. The van der Waals surface area contributed by atoms with Crippen LogP contribution in [-0.2, 0) is 18.5 Å². The van der Waals surface area contributed by atoms with Crippen LogP contribution in [-0.4, -0.2) is 15.4 Å². The van der Waals surface area contributed by atoms with Crippen LogP contribution in [0.4, 0.5) is 0 Å². The van der Waals surface area contributed by atoms with Crippen molar-refractivity contribution in [1.29, 1.82) is 0 Å². The molecule has 0 saturated heterocycles. The zero-order chi connectivity index (χ0) is 22.1. The molecule has 1 heterocycles. The Balaban J connectivity index is 0.000000779. The molecular weight excluding hydrogens is 380 g/mol. The van der Waals surface area contributed by atoms with Crippen molar-refractivity contribution in [2.75, 3.05) is 0 Å². The number of hydrogen-bond acceptors (Lipinski definition) is 3. The average Bonchev–Trinajstić information content (AvgIpc) is 3.32. The van der Waals surface area contributed by atoms with Crippen LogP contribution in [0.1, 0.15) is 47.4 Å². The minimum atomic E-state index is 0. The number of benzene rings is 3. The van der Waals surface area contributed by atoms with Crippen LogP contribution in [0.15, 0.2) is 85.1 Å². The highest BCUT2D eigenvalue weighted by atomic mass is 15.3. The zero-order valence-corrected chi connectivity index (χ0v) is 18.9. The molecule has 166 valence electrons. The van der Waals surface area contributed by atoms with Gasteiger partial charge in [0, 0.05) is 22.8 Å². The molecule has 1 aromatic heterocycles. The van der Waals surface area contributed by atoms with E-state index in [2.05, 4.69) is 127 Å². The number of hydrogen-bond donors (Lipinski definition) is 2. The zero-order valence-electron chi connectivity index (χ0n) is 18.9. The molecule has 0 aliphatic carbocycles. The maximum atomic E-state index is 3.95. The molecule has 31 heavy (non-hydrogen) atoms. The lowest BCUT2D eigenvalue weighted by Gasteiger charge is -2.12. The number of aromatic nitrogens is 3. The molecule has 0 unspecified atom stereocenters. The van der Waals surface area contributed by atoms with Crippen LogP contribution in [0.5, 0.6) is 0 Å². The second-order valence-corrected chi connectivity index (χ2v) is 8.76. The molecule has 0 atom stereocenters. The van der Waals surface area contributed by atoms with E-state index in [1.54, 1.807) is 6.20 Å². The fraction of sp³-hybridized carbons (Fsp3) is 0.259. The molecule has 4 heteroatoms. The van der Waals surface area contributed by atoms with Crippen LogP contribution >= 0.6 is 0 Å². The normalized spacial score (nSPS) is 11.0. The lowest BCUT2D eigenvalue weighted by Crippen LogP contribution is -2.12. The van der Waals surface area contributed by atoms with Gasteiger partial charge in [-0.25, -0.2) is 0 Å². The third kappa shape index (κ3) is 7.19. The molecule has 4 nitrogen and oxygen atoms in total. The Kier molecular flexibility index (Phi) is 7.74. The van der Waals surface area contributed by atoms with Gasteiger partial charge in [0.2, 0.25) is 0 Å². The molecule has 4 rings (SSSR count). The molecule has 4 aromatic rings. The molecule has 0 aliphatic heterocycles. The summed E-state index contributed by atoms with van der Waals surface area (Å²) < 4.78 is 0.